The van der Waals surface area contributed by atoms with E-state index in [2.05, 4.69) is 31.2 Å². The molecule has 1 aliphatic rings. The Morgan fingerprint density at radius 3 is 2.44 bits per heavy atom. The number of nitrogens with two attached hydrogens (primary N) is 1. The molecule has 0 heterocycles. The zero-order chi connectivity index (χ0) is 6.69. The van der Waals surface area contributed by atoms with Crippen LogP contribution >= 0.6 is 0 Å². The second-order valence-corrected chi connectivity index (χ2v) is 2.53. The summed E-state index contributed by atoms with van der Waals surface area (Å²) in [5.74, 6) is 1.19. The number of allylic oxidation sites excluding steroid dienone is 3. The largest absolute Gasteiger partial charge is 0.330 e. The third-order valence-electron chi connectivity index (χ3n) is 1.83. The molecule has 0 amide bonds. The molecule has 0 saturated heterocycles. The lowest BCUT2D eigenvalue weighted by molar-refractivity contribution is 0.517. The molecule has 1 aliphatic carbocycles. The van der Waals surface area contributed by atoms with Crippen molar-refractivity contribution in [2.24, 2.45) is 17.6 Å². The third kappa shape index (κ3) is 1.42. The van der Waals surface area contributed by atoms with Crippen molar-refractivity contribution in [3.05, 3.63) is 24.3 Å². The first kappa shape index (κ1) is 6.56. The van der Waals surface area contributed by atoms with Gasteiger partial charge in [-0.3, -0.25) is 0 Å². The molecule has 0 aromatic rings. The summed E-state index contributed by atoms with van der Waals surface area (Å²) in [6, 6.07) is 0. The summed E-state index contributed by atoms with van der Waals surface area (Å²) >= 11 is 0. The van der Waals surface area contributed by atoms with Gasteiger partial charge in [0.1, 0.15) is 0 Å². The zero-order valence-corrected chi connectivity index (χ0v) is 5.75. The van der Waals surface area contributed by atoms with Crippen molar-refractivity contribution >= 4 is 0 Å². The summed E-state index contributed by atoms with van der Waals surface area (Å²) < 4.78 is 0. The maximum Gasteiger partial charge on any atom is -0.000850 e. The van der Waals surface area contributed by atoms with E-state index in [4.69, 9.17) is 5.73 Å². The van der Waals surface area contributed by atoms with Crippen LogP contribution in [0.15, 0.2) is 24.3 Å². The summed E-state index contributed by atoms with van der Waals surface area (Å²) in [7, 11) is 0. The Balaban J connectivity index is 2.55. The molecular weight excluding hydrogens is 110 g/mol. The molecule has 9 heavy (non-hydrogen) atoms. The Morgan fingerprint density at radius 2 is 2.00 bits per heavy atom. The van der Waals surface area contributed by atoms with Crippen LogP contribution in [0.25, 0.3) is 0 Å². The van der Waals surface area contributed by atoms with Crippen LogP contribution in [0.5, 0.6) is 0 Å². The maximum absolute atomic E-state index is 5.51. The highest BCUT2D eigenvalue weighted by Crippen LogP contribution is 2.16. The van der Waals surface area contributed by atoms with Crippen molar-refractivity contribution in [1.29, 1.82) is 0 Å². The SMILES string of the molecule is CC1C=CC=CC1CN. The van der Waals surface area contributed by atoms with Gasteiger partial charge in [-0.05, 0) is 18.4 Å². The van der Waals surface area contributed by atoms with E-state index in [1.54, 1.807) is 0 Å². The molecule has 50 valence electrons. The van der Waals surface area contributed by atoms with Crippen LogP contribution in [0, 0.1) is 11.8 Å². The molecule has 0 saturated carbocycles. The van der Waals surface area contributed by atoms with Gasteiger partial charge in [0.15, 0.2) is 0 Å². The van der Waals surface area contributed by atoms with Crippen molar-refractivity contribution in [1.82, 2.24) is 0 Å². The number of hydrogen-bond acceptors (Lipinski definition) is 1. The predicted molar refractivity (Wildman–Crippen MR) is 40.0 cm³/mol. The molecule has 2 unspecified atom stereocenters. The van der Waals surface area contributed by atoms with Crippen molar-refractivity contribution in [3.63, 3.8) is 0 Å². The van der Waals surface area contributed by atoms with Crippen molar-refractivity contribution in [2.75, 3.05) is 6.54 Å². The molecule has 1 nitrogen and oxygen atoms in total. The monoisotopic (exact) mass is 123 g/mol. The molecule has 0 aliphatic heterocycles. The number of rotatable bonds is 1. The van der Waals surface area contributed by atoms with E-state index in [0.717, 1.165) is 6.54 Å². The van der Waals surface area contributed by atoms with Crippen LogP contribution in [0.2, 0.25) is 0 Å². The molecule has 0 aromatic carbocycles. The van der Waals surface area contributed by atoms with E-state index in [1.807, 2.05) is 0 Å². The summed E-state index contributed by atoms with van der Waals surface area (Å²) in [6.45, 7) is 2.96. The predicted octanol–water partition coefficient (Wildman–Crippen LogP) is 1.32. The Kier molecular flexibility index (Phi) is 2.06. The fraction of sp³-hybridized carbons (Fsp3) is 0.500. The van der Waals surface area contributed by atoms with E-state index < -0.39 is 0 Å². The van der Waals surface area contributed by atoms with E-state index in [1.165, 1.54) is 0 Å². The lowest BCUT2D eigenvalue weighted by atomic mass is 9.90. The molecule has 0 aromatic heterocycles. The Hall–Kier alpha value is -0.560. The van der Waals surface area contributed by atoms with Gasteiger partial charge in [0.25, 0.3) is 0 Å². The van der Waals surface area contributed by atoms with Gasteiger partial charge in [-0.15, -0.1) is 0 Å². The summed E-state index contributed by atoms with van der Waals surface area (Å²) in [6.07, 6.45) is 8.51. The van der Waals surface area contributed by atoms with Crippen LogP contribution in [-0.2, 0) is 0 Å². The molecule has 2 atom stereocenters. The second kappa shape index (κ2) is 2.83. The second-order valence-electron chi connectivity index (χ2n) is 2.53. The van der Waals surface area contributed by atoms with Gasteiger partial charge in [0.2, 0.25) is 0 Å². The highest BCUT2D eigenvalue weighted by molar-refractivity contribution is 5.13. The molecule has 1 heteroatoms. The molecule has 1 rings (SSSR count). The Morgan fingerprint density at radius 1 is 1.33 bits per heavy atom. The van der Waals surface area contributed by atoms with E-state index >= 15 is 0 Å². The van der Waals surface area contributed by atoms with Crippen LogP contribution in [0.4, 0.5) is 0 Å². The van der Waals surface area contributed by atoms with Crippen LogP contribution in [0.1, 0.15) is 6.92 Å². The Bertz CT molecular complexity index is 136. The van der Waals surface area contributed by atoms with Gasteiger partial charge < -0.3 is 5.73 Å². The van der Waals surface area contributed by atoms with E-state index in [-0.39, 0.29) is 0 Å². The minimum absolute atomic E-state index is 0.565. The minimum atomic E-state index is 0.565. The fourth-order valence-corrected chi connectivity index (χ4v) is 1.06. The van der Waals surface area contributed by atoms with Crippen LogP contribution < -0.4 is 5.73 Å². The quantitative estimate of drug-likeness (QED) is 0.559. The topological polar surface area (TPSA) is 26.0 Å². The fourth-order valence-electron chi connectivity index (χ4n) is 1.06. The first-order valence-electron chi connectivity index (χ1n) is 3.39. The van der Waals surface area contributed by atoms with Crippen LogP contribution in [-0.4, -0.2) is 6.54 Å². The van der Waals surface area contributed by atoms with Gasteiger partial charge in [-0.25, -0.2) is 0 Å². The Labute approximate surface area is 56.2 Å². The third-order valence-corrected chi connectivity index (χ3v) is 1.83. The number of hydrogen-bond donors (Lipinski definition) is 1. The van der Waals surface area contributed by atoms with Crippen molar-refractivity contribution in [3.8, 4) is 0 Å². The summed E-state index contributed by atoms with van der Waals surface area (Å²) in [5, 5.41) is 0. The lowest BCUT2D eigenvalue weighted by Crippen LogP contribution is -2.19. The minimum Gasteiger partial charge on any atom is -0.330 e. The smallest absolute Gasteiger partial charge is 0.000850 e. The molecular formula is C8H13N. The van der Waals surface area contributed by atoms with Crippen molar-refractivity contribution in [2.45, 2.75) is 6.92 Å². The van der Waals surface area contributed by atoms with Gasteiger partial charge >= 0.3 is 0 Å². The van der Waals surface area contributed by atoms with Gasteiger partial charge in [0, 0.05) is 0 Å². The maximum atomic E-state index is 5.51. The van der Waals surface area contributed by atoms with E-state index in [9.17, 15) is 0 Å². The van der Waals surface area contributed by atoms with Crippen molar-refractivity contribution < 1.29 is 0 Å². The van der Waals surface area contributed by atoms with Gasteiger partial charge in [-0.1, -0.05) is 31.2 Å². The molecule has 0 radical (unpaired) electrons. The molecule has 0 spiro atoms. The highest BCUT2D eigenvalue weighted by atomic mass is 14.5. The normalized spacial score (nSPS) is 33.1. The average molecular weight is 123 g/mol. The molecule has 2 N–H and O–H groups in total. The molecule has 0 fully saturated rings. The summed E-state index contributed by atoms with van der Waals surface area (Å²) in [4.78, 5) is 0. The first-order chi connectivity index (χ1) is 4.34. The molecule has 0 bridgehead atoms. The average Bonchev–Trinajstić information content (AvgIpc) is 1.89. The van der Waals surface area contributed by atoms with E-state index in [0.29, 0.717) is 11.8 Å². The first-order valence-corrected chi connectivity index (χ1v) is 3.39. The van der Waals surface area contributed by atoms with Gasteiger partial charge in [0.05, 0.1) is 0 Å². The summed E-state index contributed by atoms with van der Waals surface area (Å²) in [5.41, 5.74) is 5.51. The van der Waals surface area contributed by atoms with Crippen LogP contribution in [0.3, 0.4) is 0 Å². The highest BCUT2D eigenvalue weighted by Gasteiger charge is 2.10. The standard InChI is InChI=1S/C8H13N/c1-7-4-2-3-5-8(7)6-9/h2-5,7-8H,6,9H2,1H3. The lowest BCUT2D eigenvalue weighted by Gasteiger charge is -2.17. The van der Waals surface area contributed by atoms with Gasteiger partial charge in [-0.2, -0.15) is 0 Å². The zero-order valence-electron chi connectivity index (χ0n) is 5.75.